The van der Waals surface area contributed by atoms with Gasteiger partial charge in [-0.25, -0.2) is 4.98 Å². The lowest BCUT2D eigenvalue weighted by Gasteiger charge is -2.24. The number of imidazole rings is 1. The number of hydrogen-bond acceptors (Lipinski definition) is 1. The van der Waals surface area contributed by atoms with Crippen molar-refractivity contribution in [2.75, 3.05) is 0 Å². The lowest BCUT2D eigenvalue weighted by atomic mass is 9.81. The minimum Gasteiger partial charge on any atom is -0.306 e. The summed E-state index contributed by atoms with van der Waals surface area (Å²) >= 11 is 0. The molecule has 0 amide bonds. The van der Waals surface area contributed by atoms with Crippen LogP contribution in [-0.4, -0.2) is 9.38 Å². The fraction of sp³-hybridized carbons (Fsp3) is 0.462. The van der Waals surface area contributed by atoms with Gasteiger partial charge in [0.2, 0.25) is 0 Å². The first-order valence-electron chi connectivity index (χ1n) is 5.56. The maximum atomic E-state index is 4.13. The molecule has 80 valence electrons. The van der Waals surface area contributed by atoms with Gasteiger partial charge in [-0.2, -0.15) is 0 Å². The van der Waals surface area contributed by atoms with Gasteiger partial charge in [-0.05, 0) is 23.5 Å². The zero-order valence-electron chi connectivity index (χ0n) is 9.70. The van der Waals surface area contributed by atoms with E-state index in [1.807, 2.05) is 12.5 Å². The molecule has 0 bridgehead atoms. The molecule has 0 atom stereocenters. The second-order valence-electron chi connectivity index (χ2n) is 4.78. The van der Waals surface area contributed by atoms with Crippen molar-refractivity contribution in [3.8, 4) is 0 Å². The van der Waals surface area contributed by atoms with Crippen LogP contribution in [0.25, 0.3) is 5.52 Å². The third-order valence-electron chi connectivity index (χ3n) is 3.06. The molecule has 0 saturated heterocycles. The Bertz CT molecular complexity index is 454. The van der Waals surface area contributed by atoms with Crippen LogP contribution in [0.15, 0.2) is 30.9 Å². The van der Waals surface area contributed by atoms with Crippen LogP contribution >= 0.6 is 0 Å². The predicted octanol–water partition coefficient (Wildman–Crippen LogP) is 3.41. The predicted molar refractivity (Wildman–Crippen MR) is 63.1 cm³/mol. The zero-order chi connectivity index (χ0) is 10.9. The van der Waals surface area contributed by atoms with E-state index in [1.165, 1.54) is 18.4 Å². The summed E-state index contributed by atoms with van der Waals surface area (Å²) in [6, 6.07) is 4.35. The Hall–Kier alpha value is -1.31. The molecule has 2 aromatic rings. The van der Waals surface area contributed by atoms with Gasteiger partial charge in [0.25, 0.3) is 0 Å². The molecule has 0 aliphatic rings. The Balaban J connectivity index is 2.42. The van der Waals surface area contributed by atoms with Gasteiger partial charge in [-0.3, -0.25) is 0 Å². The smallest absolute Gasteiger partial charge is 0.0992 e. The molecular formula is C13H18N2. The average Bonchev–Trinajstić information content (AvgIpc) is 2.63. The highest BCUT2D eigenvalue weighted by molar-refractivity contribution is 5.46. The van der Waals surface area contributed by atoms with E-state index in [-0.39, 0.29) is 5.41 Å². The monoisotopic (exact) mass is 202 g/mol. The SMILES string of the molecule is CCCC(C)(C)c1ccc2cncn2c1. The van der Waals surface area contributed by atoms with Crippen molar-refractivity contribution in [1.82, 2.24) is 9.38 Å². The van der Waals surface area contributed by atoms with E-state index in [0.29, 0.717) is 0 Å². The van der Waals surface area contributed by atoms with E-state index in [2.05, 4.69) is 48.5 Å². The number of nitrogens with zero attached hydrogens (tertiary/aromatic N) is 2. The summed E-state index contributed by atoms with van der Waals surface area (Å²) < 4.78 is 2.09. The molecule has 2 nitrogen and oxygen atoms in total. The molecule has 2 heterocycles. The van der Waals surface area contributed by atoms with Crippen LogP contribution in [0.5, 0.6) is 0 Å². The summed E-state index contributed by atoms with van der Waals surface area (Å²) in [5.74, 6) is 0. The molecule has 2 rings (SSSR count). The summed E-state index contributed by atoms with van der Waals surface area (Å²) in [7, 11) is 0. The fourth-order valence-corrected chi connectivity index (χ4v) is 2.09. The van der Waals surface area contributed by atoms with Gasteiger partial charge >= 0.3 is 0 Å². The molecule has 0 saturated carbocycles. The topological polar surface area (TPSA) is 17.3 Å². The van der Waals surface area contributed by atoms with E-state index < -0.39 is 0 Å². The highest BCUT2D eigenvalue weighted by Gasteiger charge is 2.19. The molecule has 0 fully saturated rings. The van der Waals surface area contributed by atoms with Crippen molar-refractivity contribution in [2.45, 2.75) is 39.0 Å². The Morgan fingerprint density at radius 2 is 2.13 bits per heavy atom. The van der Waals surface area contributed by atoms with Crippen molar-refractivity contribution in [3.05, 3.63) is 36.4 Å². The van der Waals surface area contributed by atoms with Crippen molar-refractivity contribution in [3.63, 3.8) is 0 Å². The molecule has 0 N–H and O–H groups in total. The maximum absolute atomic E-state index is 4.13. The normalized spacial score (nSPS) is 12.2. The summed E-state index contributed by atoms with van der Waals surface area (Å²) in [5, 5.41) is 0. The lowest BCUT2D eigenvalue weighted by Crippen LogP contribution is -2.17. The Kier molecular flexibility index (Phi) is 2.51. The van der Waals surface area contributed by atoms with Crippen LogP contribution in [0.3, 0.4) is 0 Å². The highest BCUT2D eigenvalue weighted by atomic mass is 15.0. The first kappa shape index (κ1) is 10.2. The number of pyridine rings is 1. The third kappa shape index (κ3) is 1.89. The highest BCUT2D eigenvalue weighted by Crippen LogP contribution is 2.28. The summed E-state index contributed by atoms with van der Waals surface area (Å²) in [5.41, 5.74) is 2.80. The molecule has 0 aromatic carbocycles. The Morgan fingerprint density at radius 1 is 1.33 bits per heavy atom. The number of hydrogen-bond donors (Lipinski definition) is 0. The van der Waals surface area contributed by atoms with Crippen LogP contribution in [0, 0.1) is 0 Å². The Labute approximate surface area is 91.0 Å². The van der Waals surface area contributed by atoms with Crippen molar-refractivity contribution in [2.24, 2.45) is 0 Å². The van der Waals surface area contributed by atoms with E-state index >= 15 is 0 Å². The van der Waals surface area contributed by atoms with Crippen LogP contribution in [0.2, 0.25) is 0 Å². The van der Waals surface area contributed by atoms with Crippen molar-refractivity contribution in [1.29, 1.82) is 0 Å². The van der Waals surface area contributed by atoms with E-state index in [1.54, 1.807) is 0 Å². The van der Waals surface area contributed by atoms with E-state index in [0.717, 1.165) is 5.52 Å². The van der Waals surface area contributed by atoms with Crippen LogP contribution in [0.1, 0.15) is 39.2 Å². The molecular weight excluding hydrogens is 184 g/mol. The molecule has 0 radical (unpaired) electrons. The Morgan fingerprint density at radius 3 is 2.87 bits per heavy atom. The summed E-state index contributed by atoms with van der Waals surface area (Å²) in [4.78, 5) is 4.13. The molecule has 0 aliphatic heterocycles. The zero-order valence-corrected chi connectivity index (χ0v) is 9.70. The van der Waals surface area contributed by atoms with Crippen molar-refractivity contribution >= 4 is 5.52 Å². The first-order valence-corrected chi connectivity index (χ1v) is 5.56. The number of aromatic nitrogens is 2. The summed E-state index contributed by atoms with van der Waals surface area (Å²) in [6.07, 6.45) is 8.37. The molecule has 2 heteroatoms. The second kappa shape index (κ2) is 3.69. The molecule has 2 aromatic heterocycles. The molecule has 15 heavy (non-hydrogen) atoms. The molecule has 0 aliphatic carbocycles. The van der Waals surface area contributed by atoms with Crippen molar-refractivity contribution < 1.29 is 0 Å². The average molecular weight is 202 g/mol. The van der Waals surface area contributed by atoms with Crippen LogP contribution in [-0.2, 0) is 5.41 Å². The van der Waals surface area contributed by atoms with E-state index in [4.69, 9.17) is 0 Å². The minimum absolute atomic E-state index is 0.257. The minimum atomic E-state index is 0.257. The lowest BCUT2D eigenvalue weighted by molar-refractivity contribution is 0.471. The van der Waals surface area contributed by atoms with Gasteiger partial charge in [0.1, 0.15) is 0 Å². The largest absolute Gasteiger partial charge is 0.306 e. The quantitative estimate of drug-likeness (QED) is 0.745. The van der Waals surface area contributed by atoms with Crippen LogP contribution < -0.4 is 0 Å². The fourth-order valence-electron chi connectivity index (χ4n) is 2.09. The van der Waals surface area contributed by atoms with Crippen LogP contribution in [0.4, 0.5) is 0 Å². The van der Waals surface area contributed by atoms with Gasteiger partial charge in [0.15, 0.2) is 0 Å². The standard InChI is InChI=1S/C13H18N2/c1-4-7-13(2,3)11-5-6-12-8-14-10-15(12)9-11/h5-6,8-10H,4,7H2,1-3H3. The van der Waals surface area contributed by atoms with Gasteiger partial charge in [0, 0.05) is 6.20 Å². The maximum Gasteiger partial charge on any atom is 0.0992 e. The van der Waals surface area contributed by atoms with Gasteiger partial charge < -0.3 is 4.40 Å². The van der Waals surface area contributed by atoms with Gasteiger partial charge in [0.05, 0.1) is 18.0 Å². The van der Waals surface area contributed by atoms with Gasteiger partial charge in [-0.1, -0.05) is 33.3 Å². The first-order chi connectivity index (χ1) is 7.13. The van der Waals surface area contributed by atoms with E-state index in [9.17, 15) is 0 Å². The summed E-state index contributed by atoms with van der Waals surface area (Å²) in [6.45, 7) is 6.83. The van der Waals surface area contributed by atoms with Gasteiger partial charge in [-0.15, -0.1) is 0 Å². The molecule has 0 spiro atoms. The molecule has 0 unspecified atom stereocenters. The number of fused-ring (bicyclic) bond motifs is 1. The second-order valence-corrected chi connectivity index (χ2v) is 4.78. The number of rotatable bonds is 3. The third-order valence-corrected chi connectivity index (χ3v) is 3.06.